The fourth-order valence-corrected chi connectivity index (χ4v) is 3.51. The smallest absolute Gasteiger partial charge is 0.322 e. The van der Waals surface area contributed by atoms with Crippen molar-refractivity contribution in [1.82, 2.24) is 10.3 Å². The molecular weight excluding hydrogens is 356 g/mol. The Morgan fingerprint density at radius 3 is 2.54 bits per heavy atom. The molecule has 2 N–H and O–H groups in total. The van der Waals surface area contributed by atoms with E-state index in [1.165, 1.54) is 7.11 Å². The molecule has 0 bridgehead atoms. The lowest BCUT2D eigenvalue weighted by Gasteiger charge is -2.23. The van der Waals surface area contributed by atoms with Gasteiger partial charge in [-0.2, -0.15) is 0 Å². The molecule has 0 radical (unpaired) electrons. The number of hydrogen-bond acceptors (Lipinski definition) is 5. The van der Waals surface area contributed by atoms with Crippen LogP contribution >= 0.6 is 0 Å². The largest absolute Gasteiger partial charge is 0.493 e. The van der Waals surface area contributed by atoms with Crippen LogP contribution in [-0.4, -0.2) is 44.9 Å². The molecule has 0 aliphatic carbocycles. The number of carbonyl (C=O) groups excluding carboxylic acids is 1. The summed E-state index contributed by atoms with van der Waals surface area (Å²) in [5.41, 5.74) is 3.16. The van der Waals surface area contributed by atoms with Crippen molar-refractivity contribution in [3.05, 3.63) is 59.8 Å². The molecule has 6 nitrogen and oxygen atoms in total. The third kappa shape index (κ3) is 3.82. The summed E-state index contributed by atoms with van der Waals surface area (Å²) in [6.45, 7) is 2.32. The number of hydrogen-bond donors (Lipinski definition) is 2. The van der Waals surface area contributed by atoms with Crippen molar-refractivity contribution in [1.29, 1.82) is 0 Å². The molecule has 0 unspecified atom stereocenters. The number of benzene rings is 2. The van der Waals surface area contributed by atoms with Gasteiger partial charge in [0.2, 0.25) is 0 Å². The fourth-order valence-electron chi connectivity index (χ4n) is 3.51. The summed E-state index contributed by atoms with van der Waals surface area (Å²) in [6, 6.07) is 13.6. The van der Waals surface area contributed by atoms with E-state index in [2.05, 4.69) is 16.4 Å². The summed E-state index contributed by atoms with van der Waals surface area (Å²) in [6.07, 6.45) is 2.01. The number of esters is 1. The number of methoxy groups -OCH3 is 3. The number of rotatable bonds is 8. The SMILES string of the molecule is COC(=O)[C@@H](C)NC[C@H](c1cccc(OC)c1OC)c1c[nH]c2ccccc12. The Kier molecular flexibility index (Phi) is 6.21. The Morgan fingerprint density at radius 2 is 1.82 bits per heavy atom. The molecule has 148 valence electrons. The van der Waals surface area contributed by atoms with E-state index in [1.807, 2.05) is 42.6 Å². The van der Waals surface area contributed by atoms with Crippen LogP contribution in [0.25, 0.3) is 10.9 Å². The number of H-pyrrole nitrogens is 1. The van der Waals surface area contributed by atoms with Gasteiger partial charge in [-0.05, 0) is 24.6 Å². The molecule has 0 saturated heterocycles. The maximum atomic E-state index is 11.8. The van der Waals surface area contributed by atoms with Crippen LogP contribution in [0.3, 0.4) is 0 Å². The predicted octanol–water partition coefficient (Wildman–Crippen LogP) is 3.47. The van der Waals surface area contributed by atoms with Crippen LogP contribution in [0.5, 0.6) is 11.5 Å². The zero-order valence-corrected chi connectivity index (χ0v) is 16.6. The van der Waals surface area contributed by atoms with Gasteiger partial charge in [-0.15, -0.1) is 0 Å². The summed E-state index contributed by atoms with van der Waals surface area (Å²) in [5, 5.41) is 4.42. The highest BCUT2D eigenvalue weighted by Gasteiger charge is 2.25. The van der Waals surface area contributed by atoms with Crippen molar-refractivity contribution in [2.24, 2.45) is 0 Å². The zero-order chi connectivity index (χ0) is 20.1. The monoisotopic (exact) mass is 382 g/mol. The van der Waals surface area contributed by atoms with Crippen LogP contribution in [0.2, 0.25) is 0 Å². The number of nitrogens with one attached hydrogen (secondary N) is 2. The van der Waals surface area contributed by atoms with E-state index < -0.39 is 6.04 Å². The van der Waals surface area contributed by atoms with Gasteiger partial charge in [0.05, 0.1) is 21.3 Å². The molecule has 0 aliphatic heterocycles. The molecule has 6 heteroatoms. The number of carbonyl (C=O) groups is 1. The molecule has 28 heavy (non-hydrogen) atoms. The first-order chi connectivity index (χ1) is 13.6. The van der Waals surface area contributed by atoms with Gasteiger partial charge in [0.15, 0.2) is 11.5 Å². The zero-order valence-electron chi connectivity index (χ0n) is 16.6. The van der Waals surface area contributed by atoms with Crippen molar-refractivity contribution in [3.63, 3.8) is 0 Å². The Morgan fingerprint density at radius 1 is 1.04 bits per heavy atom. The molecule has 0 aliphatic rings. The van der Waals surface area contributed by atoms with Crippen molar-refractivity contribution < 1.29 is 19.0 Å². The van der Waals surface area contributed by atoms with E-state index in [4.69, 9.17) is 14.2 Å². The molecule has 3 rings (SSSR count). The topological polar surface area (TPSA) is 72.6 Å². The average Bonchev–Trinajstić information content (AvgIpc) is 3.16. The second kappa shape index (κ2) is 8.80. The van der Waals surface area contributed by atoms with E-state index >= 15 is 0 Å². The van der Waals surface area contributed by atoms with Gasteiger partial charge in [0.1, 0.15) is 6.04 Å². The summed E-state index contributed by atoms with van der Waals surface area (Å²) in [5.74, 6) is 1.00. The number of ether oxygens (including phenoxy) is 3. The predicted molar refractivity (Wildman–Crippen MR) is 109 cm³/mol. The van der Waals surface area contributed by atoms with Crippen LogP contribution in [0.1, 0.15) is 24.0 Å². The molecule has 2 aromatic carbocycles. The summed E-state index contributed by atoms with van der Waals surface area (Å²) >= 11 is 0. The second-order valence-corrected chi connectivity index (χ2v) is 6.58. The minimum Gasteiger partial charge on any atom is -0.493 e. The van der Waals surface area contributed by atoms with Gasteiger partial charge in [-0.3, -0.25) is 4.79 Å². The van der Waals surface area contributed by atoms with Gasteiger partial charge in [0.25, 0.3) is 0 Å². The molecule has 0 spiro atoms. The van der Waals surface area contributed by atoms with E-state index in [-0.39, 0.29) is 11.9 Å². The number of aromatic amines is 1. The molecule has 2 atom stereocenters. The van der Waals surface area contributed by atoms with E-state index in [0.29, 0.717) is 18.0 Å². The molecule has 1 heterocycles. The van der Waals surface area contributed by atoms with Crippen LogP contribution in [-0.2, 0) is 9.53 Å². The number of para-hydroxylation sites is 2. The van der Waals surface area contributed by atoms with Gasteiger partial charge < -0.3 is 24.5 Å². The summed E-state index contributed by atoms with van der Waals surface area (Å²) in [7, 11) is 4.65. The summed E-state index contributed by atoms with van der Waals surface area (Å²) in [4.78, 5) is 15.2. The van der Waals surface area contributed by atoms with Crippen LogP contribution < -0.4 is 14.8 Å². The van der Waals surface area contributed by atoms with Crippen LogP contribution in [0, 0.1) is 0 Å². The number of fused-ring (bicyclic) bond motifs is 1. The molecule has 0 amide bonds. The highest BCUT2D eigenvalue weighted by molar-refractivity contribution is 5.84. The molecule has 0 saturated carbocycles. The van der Waals surface area contributed by atoms with Crippen molar-refractivity contribution in [3.8, 4) is 11.5 Å². The van der Waals surface area contributed by atoms with Crippen LogP contribution in [0.4, 0.5) is 0 Å². The summed E-state index contributed by atoms with van der Waals surface area (Å²) < 4.78 is 16.0. The second-order valence-electron chi connectivity index (χ2n) is 6.58. The van der Waals surface area contributed by atoms with E-state index in [9.17, 15) is 4.79 Å². The highest BCUT2D eigenvalue weighted by atomic mass is 16.5. The molecule has 1 aromatic heterocycles. The third-order valence-electron chi connectivity index (χ3n) is 4.99. The van der Waals surface area contributed by atoms with Crippen molar-refractivity contribution in [2.75, 3.05) is 27.9 Å². The molecule has 3 aromatic rings. The fraction of sp³-hybridized carbons (Fsp3) is 0.318. The van der Waals surface area contributed by atoms with Gasteiger partial charge >= 0.3 is 5.97 Å². The van der Waals surface area contributed by atoms with E-state index in [1.54, 1.807) is 21.1 Å². The first-order valence-electron chi connectivity index (χ1n) is 9.18. The van der Waals surface area contributed by atoms with Crippen molar-refractivity contribution in [2.45, 2.75) is 18.9 Å². The van der Waals surface area contributed by atoms with Gasteiger partial charge in [-0.25, -0.2) is 0 Å². The van der Waals surface area contributed by atoms with E-state index in [0.717, 1.165) is 22.0 Å². The highest BCUT2D eigenvalue weighted by Crippen LogP contribution is 2.40. The quantitative estimate of drug-likeness (QED) is 0.584. The Hall–Kier alpha value is -2.99. The Bertz CT molecular complexity index is 951. The third-order valence-corrected chi connectivity index (χ3v) is 4.99. The Labute approximate surface area is 164 Å². The Balaban J connectivity index is 2.06. The normalized spacial score (nSPS) is 13.1. The van der Waals surface area contributed by atoms with Crippen LogP contribution in [0.15, 0.2) is 48.7 Å². The molecular formula is C22H26N2O4. The maximum Gasteiger partial charge on any atom is 0.322 e. The lowest BCUT2D eigenvalue weighted by atomic mass is 9.89. The lowest BCUT2D eigenvalue weighted by Crippen LogP contribution is -2.37. The average molecular weight is 382 g/mol. The minimum atomic E-state index is -0.422. The standard InChI is InChI=1S/C22H26N2O4/c1-14(22(25)28-4)23-12-18(16-9-7-11-20(26-2)21(16)27-3)17-13-24-19-10-6-5-8-15(17)19/h5-11,13-14,18,23-24H,12H2,1-4H3/t14-,18-/m1/s1. The molecule has 0 fully saturated rings. The first-order valence-corrected chi connectivity index (χ1v) is 9.18. The number of aromatic nitrogens is 1. The van der Waals surface area contributed by atoms with Gasteiger partial charge in [0, 0.05) is 35.1 Å². The minimum absolute atomic E-state index is 0.0618. The van der Waals surface area contributed by atoms with Gasteiger partial charge in [-0.1, -0.05) is 30.3 Å². The van der Waals surface area contributed by atoms with Crippen molar-refractivity contribution >= 4 is 16.9 Å². The lowest BCUT2D eigenvalue weighted by molar-refractivity contribution is -0.142. The maximum absolute atomic E-state index is 11.8. The first kappa shape index (κ1) is 19.8.